The summed E-state index contributed by atoms with van der Waals surface area (Å²) in [5.41, 5.74) is 1.19. The minimum absolute atomic E-state index is 0. The fourth-order valence-electron chi connectivity index (χ4n) is 2.94. The molecule has 2 N–H and O–H groups in total. The van der Waals surface area contributed by atoms with Crippen LogP contribution in [0.25, 0.3) is 0 Å². The molecule has 1 fully saturated rings. The molecule has 1 aliphatic rings. The molecule has 3 rings (SSSR count). The molecule has 0 saturated carbocycles. The van der Waals surface area contributed by atoms with Crippen LogP contribution in [0.1, 0.15) is 17.4 Å². The van der Waals surface area contributed by atoms with Crippen LogP contribution in [0.4, 0.5) is 5.82 Å². The van der Waals surface area contributed by atoms with E-state index < -0.39 is 0 Å². The third-order valence-electron chi connectivity index (χ3n) is 4.30. The van der Waals surface area contributed by atoms with E-state index in [0.29, 0.717) is 6.54 Å². The molecule has 3 heterocycles. The predicted molar refractivity (Wildman–Crippen MR) is 124 cm³/mol. The summed E-state index contributed by atoms with van der Waals surface area (Å²) in [6, 6.07) is 8.43. The van der Waals surface area contributed by atoms with Crippen LogP contribution in [-0.4, -0.2) is 50.3 Å². The van der Waals surface area contributed by atoms with Crippen LogP contribution in [-0.2, 0) is 17.7 Å². The highest BCUT2D eigenvalue weighted by Gasteiger charge is 2.18. The smallest absolute Gasteiger partial charge is 0.191 e. The molecular formula is C19H28IN5OS. The molecule has 1 unspecified atom stereocenters. The van der Waals surface area contributed by atoms with Gasteiger partial charge in [-0.3, -0.25) is 4.99 Å². The molecule has 1 atom stereocenters. The third kappa shape index (κ3) is 6.93. The molecule has 27 heavy (non-hydrogen) atoms. The van der Waals surface area contributed by atoms with Gasteiger partial charge < -0.3 is 20.3 Å². The number of pyridine rings is 1. The van der Waals surface area contributed by atoms with Crippen molar-refractivity contribution in [1.29, 1.82) is 0 Å². The van der Waals surface area contributed by atoms with E-state index in [1.807, 2.05) is 12.3 Å². The maximum Gasteiger partial charge on any atom is 0.191 e. The zero-order valence-corrected chi connectivity index (χ0v) is 19.0. The van der Waals surface area contributed by atoms with Crippen LogP contribution in [0, 0.1) is 0 Å². The van der Waals surface area contributed by atoms with Gasteiger partial charge in [0.15, 0.2) is 5.96 Å². The van der Waals surface area contributed by atoms with Gasteiger partial charge in [0, 0.05) is 44.3 Å². The standard InChI is InChI=1S/C19H27N5OS.HI/c1-15-14-24(9-10-25-15)18-12-16(5-7-21-18)13-23-19(20-2)22-8-6-17-4-3-11-26-17;/h3-5,7,11-12,15H,6,8-10,13-14H2,1-2H3,(H2,20,22,23);1H. The first-order chi connectivity index (χ1) is 12.7. The van der Waals surface area contributed by atoms with E-state index in [2.05, 4.69) is 56.0 Å². The molecule has 0 bridgehead atoms. The maximum atomic E-state index is 5.61. The molecular weight excluding hydrogens is 473 g/mol. The zero-order chi connectivity index (χ0) is 18.2. The summed E-state index contributed by atoms with van der Waals surface area (Å²) in [5.74, 6) is 1.83. The van der Waals surface area contributed by atoms with Gasteiger partial charge >= 0.3 is 0 Å². The van der Waals surface area contributed by atoms with E-state index in [1.165, 1.54) is 10.4 Å². The Kier molecular flexibility index (Phi) is 9.29. The largest absolute Gasteiger partial charge is 0.375 e. The lowest BCUT2D eigenvalue weighted by molar-refractivity contribution is 0.0529. The van der Waals surface area contributed by atoms with Gasteiger partial charge in [0.2, 0.25) is 0 Å². The lowest BCUT2D eigenvalue weighted by Crippen LogP contribution is -2.41. The molecule has 1 saturated heterocycles. The van der Waals surface area contributed by atoms with Gasteiger partial charge in [0.25, 0.3) is 0 Å². The topological polar surface area (TPSA) is 61.8 Å². The summed E-state index contributed by atoms with van der Waals surface area (Å²) in [7, 11) is 1.80. The van der Waals surface area contributed by atoms with Crippen molar-refractivity contribution in [3.63, 3.8) is 0 Å². The van der Waals surface area contributed by atoms with Crippen LogP contribution < -0.4 is 15.5 Å². The number of hydrogen-bond donors (Lipinski definition) is 2. The highest BCUT2D eigenvalue weighted by Crippen LogP contribution is 2.16. The Labute approximate surface area is 182 Å². The quantitative estimate of drug-likeness (QED) is 0.362. The summed E-state index contributed by atoms with van der Waals surface area (Å²) in [5, 5.41) is 8.85. The van der Waals surface area contributed by atoms with Gasteiger partial charge in [0.1, 0.15) is 5.82 Å². The van der Waals surface area contributed by atoms with Gasteiger partial charge in [-0.05, 0) is 42.5 Å². The number of hydrogen-bond acceptors (Lipinski definition) is 5. The number of anilines is 1. The van der Waals surface area contributed by atoms with E-state index in [4.69, 9.17) is 4.74 Å². The minimum Gasteiger partial charge on any atom is -0.375 e. The monoisotopic (exact) mass is 501 g/mol. The van der Waals surface area contributed by atoms with Crippen molar-refractivity contribution < 1.29 is 4.74 Å². The number of aromatic nitrogens is 1. The van der Waals surface area contributed by atoms with Crippen molar-refractivity contribution in [2.75, 3.05) is 38.2 Å². The van der Waals surface area contributed by atoms with Crippen molar-refractivity contribution >= 4 is 47.1 Å². The highest BCUT2D eigenvalue weighted by atomic mass is 127. The van der Waals surface area contributed by atoms with Crippen LogP contribution >= 0.6 is 35.3 Å². The first-order valence-electron chi connectivity index (χ1n) is 9.03. The van der Waals surface area contributed by atoms with E-state index in [0.717, 1.165) is 44.4 Å². The number of aliphatic imine (C=N–C) groups is 1. The molecule has 8 heteroatoms. The molecule has 148 valence electrons. The number of guanidine groups is 1. The molecule has 1 aliphatic heterocycles. The van der Waals surface area contributed by atoms with Crippen molar-refractivity contribution in [3.8, 4) is 0 Å². The minimum atomic E-state index is 0. The number of nitrogens with zero attached hydrogens (tertiary/aromatic N) is 3. The average molecular weight is 501 g/mol. The van der Waals surface area contributed by atoms with Crippen molar-refractivity contribution in [3.05, 3.63) is 46.3 Å². The molecule has 0 aliphatic carbocycles. The molecule has 2 aromatic heterocycles. The van der Waals surface area contributed by atoms with Gasteiger partial charge in [-0.25, -0.2) is 4.98 Å². The number of morpholine rings is 1. The second kappa shape index (κ2) is 11.5. The van der Waals surface area contributed by atoms with Crippen molar-refractivity contribution in [2.24, 2.45) is 4.99 Å². The Hall–Kier alpha value is -1.39. The van der Waals surface area contributed by atoms with E-state index in [9.17, 15) is 0 Å². The number of rotatable bonds is 6. The molecule has 6 nitrogen and oxygen atoms in total. The van der Waals surface area contributed by atoms with E-state index >= 15 is 0 Å². The van der Waals surface area contributed by atoms with Crippen LogP contribution in [0.3, 0.4) is 0 Å². The van der Waals surface area contributed by atoms with Crippen LogP contribution in [0.2, 0.25) is 0 Å². The first-order valence-corrected chi connectivity index (χ1v) is 9.91. The second-order valence-corrected chi connectivity index (χ2v) is 7.36. The number of halogens is 1. The second-order valence-electron chi connectivity index (χ2n) is 6.33. The Morgan fingerprint density at radius 1 is 1.41 bits per heavy atom. The van der Waals surface area contributed by atoms with E-state index in [-0.39, 0.29) is 30.1 Å². The molecule has 2 aromatic rings. The Morgan fingerprint density at radius 2 is 2.30 bits per heavy atom. The predicted octanol–water partition coefficient (Wildman–Crippen LogP) is 2.89. The number of nitrogens with one attached hydrogen (secondary N) is 2. The summed E-state index contributed by atoms with van der Waals surface area (Å²) in [6.07, 6.45) is 3.13. The molecule has 0 aromatic carbocycles. The van der Waals surface area contributed by atoms with Crippen molar-refractivity contribution in [2.45, 2.75) is 26.0 Å². The maximum absolute atomic E-state index is 5.61. The fourth-order valence-corrected chi connectivity index (χ4v) is 3.64. The van der Waals surface area contributed by atoms with Crippen LogP contribution in [0.5, 0.6) is 0 Å². The fraction of sp³-hybridized carbons (Fsp3) is 0.474. The van der Waals surface area contributed by atoms with Gasteiger partial charge in [-0.15, -0.1) is 35.3 Å². The lowest BCUT2D eigenvalue weighted by Gasteiger charge is -2.32. The summed E-state index contributed by atoms with van der Waals surface area (Å²) in [4.78, 5) is 12.5. The number of thiophene rings is 1. The normalized spacial score (nSPS) is 17.3. The Morgan fingerprint density at radius 3 is 3.04 bits per heavy atom. The Bertz CT molecular complexity index is 710. The van der Waals surface area contributed by atoms with Gasteiger partial charge in [-0.2, -0.15) is 0 Å². The molecule has 0 spiro atoms. The SMILES string of the molecule is CN=C(NCCc1cccs1)NCc1ccnc(N2CCOC(C)C2)c1.I. The summed E-state index contributed by atoms with van der Waals surface area (Å²) >= 11 is 1.79. The van der Waals surface area contributed by atoms with Gasteiger partial charge in [0.05, 0.1) is 12.7 Å². The van der Waals surface area contributed by atoms with Gasteiger partial charge in [-0.1, -0.05) is 6.07 Å². The van der Waals surface area contributed by atoms with Crippen LogP contribution in [0.15, 0.2) is 40.8 Å². The molecule has 0 amide bonds. The summed E-state index contributed by atoms with van der Waals surface area (Å²) in [6.45, 7) is 6.22. The summed E-state index contributed by atoms with van der Waals surface area (Å²) < 4.78 is 5.61. The average Bonchev–Trinajstić information content (AvgIpc) is 3.18. The lowest BCUT2D eigenvalue weighted by atomic mass is 10.2. The highest BCUT2D eigenvalue weighted by molar-refractivity contribution is 14.0. The first kappa shape index (κ1) is 21.9. The van der Waals surface area contributed by atoms with E-state index in [1.54, 1.807) is 18.4 Å². The van der Waals surface area contributed by atoms with Crippen molar-refractivity contribution in [1.82, 2.24) is 15.6 Å². The Balaban J connectivity index is 0.00000261. The molecule has 0 radical (unpaired) electrons. The number of ether oxygens (including phenoxy) is 1. The third-order valence-corrected chi connectivity index (χ3v) is 5.24. The zero-order valence-electron chi connectivity index (χ0n) is 15.9.